The Morgan fingerprint density at radius 1 is 1.32 bits per heavy atom. The molecule has 2 heterocycles. The first-order chi connectivity index (χ1) is 10.6. The highest BCUT2D eigenvalue weighted by Crippen LogP contribution is 2.11. The van der Waals surface area contributed by atoms with Gasteiger partial charge in [0.05, 0.1) is 11.9 Å². The zero-order valence-electron chi connectivity index (χ0n) is 12.4. The molecule has 112 valence electrons. The normalized spacial score (nSPS) is 10.6. The number of aryl methyl sites for hydroxylation is 1. The lowest BCUT2D eigenvalue weighted by Crippen LogP contribution is -2.26. The van der Waals surface area contributed by atoms with Crippen molar-refractivity contribution in [2.75, 3.05) is 7.05 Å². The average Bonchev–Trinajstić information content (AvgIpc) is 3.16. The lowest BCUT2D eigenvalue weighted by molar-refractivity contribution is 0.0774. The molecule has 0 aliphatic rings. The van der Waals surface area contributed by atoms with Crippen LogP contribution in [0, 0.1) is 6.92 Å². The van der Waals surface area contributed by atoms with Gasteiger partial charge in [0.15, 0.2) is 5.69 Å². The van der Waals surface area contributed by atoms with E-state index in [9.17, 15) is 4.79 Å². The van der Waals surface area contributed by atoms with E-state index in [0.29, 0.717) is 18.0 Å². The molecule has 1 aromatic carbocycles. The Kier molecular flexibility index (Phi) is 3.74. The molecule has 0 bridgehead atoms. The fourth-order valence-electron chi connectivity index (χ4n) is 2.17. The fraction of sp³-hybridized carbons (Fsp3) is 0.188. The minimum Gasteiger partial charge on any atom is -0.361 e. The summed E-state index contributed by atoms with van der Waals surface area (Å²) in [5.74, 6) is 0.443. The highest BCUT2D eigenvalue weighted by atomic mass is 16.5. The van der Waals surface area contributed by atoms with Crippen LogP contribution in [-0.2, 0) is 6.54 Å². The van der Waals surface area contributed by atoms with Gasteiger partial charge >= 0.3 is 0 Å². The number of nitrogens with zero attached hydrogens (tertiary/aromatic N) is 4. The van der Waals surface area contributed by atoms with E-state index >= 15 is 0 Å². The van der Waals surface area contributed by atoms with Gasteiger partial charge in [-0.2, -0.15) is 5.10 Å². The van der Waals surface area contributed by atoms with E-state index in [1.165, 1.54) is 0 Å². The molecular weight excluding hydrogens is 280 g/mol. The summed E-state index contributed by atoms with van der Waals surface area (Å²) in [6.45, 7) is 2.21. The minimum atomic E-state index is -0.177. The molecule has 0 spiro atoms. The number of para-hydroxylation sites is 1. The Balaban J connectivity index is 1.71. The van der Waals surface area contributed by atoms with E-state index in [2.05, 4.69) is 10.3 Å². The number of rotatable bonds is 4. The summed E-state index contributed by atoms with van der Waals surface area (Å²) in [5, 5.41) is 8.06. The Labute approximate surface area is 127 Å². The van der Waals surface area contributed by atoms with Crippen LogP contribution in [0.5, 0.6) is 0 Å². The zero-order chi connectivity index (χ0) is 15.5. The molecule has 3 aromatic rings. The molecule has 22 heavy (non-hydrogen) atoms. The summed E-state index contributed by atoms with van der Waals surface area (Å²) < 4.78 is 6.72. The van der Waals surface area contributed by atoms with E-state index in [1.807, 2.05) is 36.5 Å². The second-order valence-electron chi connectivity index (χ2n) is 5.11. The molecular formula is C16H16N4O2. The number of hydrogen-bond acceptors (Lipinski definition) is 4. The van der Waals surface area contributed by atoms with E-state index < -0.39 is 0 Å². The van der Waals surface area contributed by atoms with E-state index in [1.54, 1.807) is 35.8 Å². The van der Waals surface area contributed by atoms with E-state index in [-0.39, 0.29) is 5.91 Å². The monoisotopic (exact) mass is 296 g/mol. The first kappa shape index (κ1) is 14.1. The van der Waals surface area contributed by atoms with Crippen LogP contribution in [-0.4, -0.2) is 32.8 Å². The van der Waals surface area contributed by atoms with E-state index in [4.69, 9.17) is 4.52 Å². The SMILES string of the molecule is Cc1cc(C(=O)N(C)Cc2cnn(-c3ccccc3)c2)no1. The second kappa shape index (κ2) is 5.85. The Morgan fingerprint density at radius 2 is 2.09 bits per heavy atom. The molecule has 2 aromatic heterocycles. The van der Waals surface area contributed by atoms with Crippen molar-refractivity contribution in [2.45, 2.75) is 13.5 Å². The first-order valence-electron chi connectivity index (χ1n) is 6.91. The van der Waals surface area contributed by atoms with Crippen LogP contribution in [0.3, 0.4) is 0 Å². The quantitative estimate of drug-likeness (QED) is 0.742. The van der Waals surface area contributed by atoms with Gasteiger partial charge in [-0.3, -0.25) is 4.79 Å². The van der Waals surface area contributed by atoms with Crippen molar-refractivity contribution in [2.24, 2.45) is 0 Å². The van der Waals surface area contributed by atoms with Crippen molar-refractivity contribution in [3.63, 3.8) is 0 Å². The van der Waals surface area contributed by atoms with Crippen molar-refractivity contribution in [1.29, 1.82) is 0 Å². The summed E-state index contributed by atoms with van der Waals surface area (Å²) in [6, 6.07) is 11.5. The van der Waals surface area contributed by atoms with Crippen LogP contribution >= 0.6 is 0 Å². The maximum atomic E-state index is 12.2. The predicted octanol–water partition coefficient (Wildman–Crippen LogP) is 2.44. The van der Waals surface area contributed by atoms with Crippen molar-refractivity contribution in [1.82, 2.24) is 19.8 Å². The summed E-state index contributed by atoms with van der Waals surface area (Å²) >= 11 is 0. The second-order valence-corrected chi connectivity index (χ2v) is 5.11. The maximum absolute atomic E-state index is 12.2. The van der Waals surface area contributed by atoms with Gasteiger partial charge in [-0.1, -0.05) is 23.4 Å². The average molecular weight is 296 g/mol. The Bertz CT molecular complexity index is 776. The van der Waals surface area contributed by atoms with Gasteiger partial charge in [0, 0.05) is 31.4 Å². The fourth-order valence-corrected chi connectivity index (χ4v) is 2.17. The Hall–Kier alpha value is -2.89. The molecule has 0 atom stereocenters. The van der Waals surface area contributed by atoms with Crippen LogP contribution in [0.1, 0.15) is 21.8 Å². The maximum Gasteiger partial charge on any atom is 0.276 e. The lowest BCUT2D eigenvalue weighted by atomic mass is 10.3. The Morgan fingerprint density at radius 3 is 2.77 bits per heavy atom. The molecule has 0 saturated carbocycles. The largest absolute Gasteiger partial charge is 0.361 e. The zero-order valence-corrected chi connectivity index (χ0v) is 12.4. The number of benzene rings is 1. The van der Waals surface area contributed by atoms with Crippen molar-refractivity contribution < 1.29 is 9.32 Å². The number of amides is 1. The molecule has 3 rings (SSSR count). The van der Waals surface area contributed by atoms with Gasteiger partial charge in [-0.25, -0.2) is 4.68 Å². The third-order valence-electron chi connectivity index (χ3n) is 3.27. The number of hydrogen-bond donors (Lipinski definition) is 0. The van der Waals surface area contributed by atoms with Gasteiger partial charge in [0.2, 0.25) is 0 Å². The van der Waals surface area contributed by atoms with E-state index in [0.717, 1.165) is 11.3 Å². The summed E-state index contributed by atoms with van der Waals surface area (Å²) in [6.07, 6.45) is 3.66. The van der Waals surface area contributed by atoms with Gasteiger partial charge in [-0.05, 0) is 19.1 Å². The number of aromatic nitrogens is 3. The topological polar surface area (TPSA) is 64.2 Å². The molecule has 0 saturated heterocycles. The predicted molar refractivity (Wildman–Crippen MR) is 80.6 cm³/mol. The lowest BCUT2D eigenvalue weighted by Gasteiger charge is -2.14. The molecule has 6 heteroatoms. The molecule has 0 N–H and O–H groups in total. The molecule has 0 radical (unpaired) electrons. The third kappa shape index (κ3) is 2.90. The number of carbonyl (C=O) groups is 1. The van der Waals surface area contributed by atoms with Crippen LogP contribution in [0.2, 0.25) is 0 Å². The van der Waals surface area contributed by atoms with Crippen LogP contribution in [0.15, 0.2) is 53.3 Å². The van der Waals surface area contributed by atoms with Crippen molar-refractivity contribution in [3.8, 4) is 5.69 Å². The van der Waals surface area contributed by atoms with Crippen LogP contribution in [0.25, 0.3) is 5.69 Å². The van der Waals surface area contributed by atoms with Gasteiger partial charge < -0.3 is 9.42 Å². The van der Waals surface area contributed by atoms with Gasteiger partial charge in [-0.15, -0.1) is 0 Å². The first-order valence-corrected chi connectivity index (χ1v) is 6.91. The smallest absolute Gasteiger partial charge is 0.276 e. The highest BCUT2D eigenvalue weighted by molar-refractivity contribution is 5.92. The molecule has 0 unspecified atom stereocenters. The third-order valence-corrected chi connectivity index (χ3v) is 3.27. The highest BCUT2D eigenvalue weighted by Gasteiger charge is 2.16. The molecule has 0 fully saturated rings. The summed E-state index contributed by atoms with van der Waals surface area (Å²) in [7, 11) is 1.73. The molecule has 0 aliphatic carbocycles. The number of carbonyl (C=O) groups excluding carboxylic acids is 1. The summed E-state index contributed by atoms with van der Waals surface area (Å²) in [5.41, 5.74) is 2.24. The standard InChI is InChI=1S/C16H16N4O2/c1-12-8-15(18-22-12)16(21)19(2)10-13-9-17-20(11-13)14-6-4-3-5-7-14/h3-9,11H,10H2,1-2H3. The molecule has 0 aliphatic heterocycles. The minimum absolute atomic E-state index is 0.177. The van der Waals surface area contributed by atoms with Gasteiger partial charge in [0.25, 0.3) is 5.91 Å². The van der Waals surface area contributed by atoms with Crippen LogP contribution < -0.4 is 0 Å². The summed E-state index contributed by atoms with van der Waals surface area (Å²) in [4.78, 5) is 13.8. The van der Waals surface area contributed by atoms with Crippen molar-refractivity contribution >= 4 is 5.91 Å². The van der Waals surface area contributed by atoms with Gasteiger partial charge in [0.1, 0.15) is 5.76 Å². The molecule has 1 amide bonds. The van der Waals surface area contributed by atoms with Crippen LogP contribution in [0.4, 0.5) is 0 Å². The molecule has 6 nitrogen and oxygen atoms in total. The van der Waals surface area contributed by atoms with Crippen molar-refractivity contribution in [3.05, 3.63) is 65.8 Å².